The van der Waals surface area contributed by atoms with E-state index < -0.39 is 0 Å². The van der Waals surface area contributed by atoms with E-state index in [0.29, 0.717) is 5.92 Å². The Kier molecular flexibility index (Phi) is 14.8. The van der Waals surface area contributed by atoms with Crippen molar-refractivity contribution < 1.29 is 24.2 Å². The van der Waals surface area contributed by atoms with Crippen molar-refractivity contribution in [1.29, 1.82) is 0 Å². The third-order valence-corrected chi connectivity index (χ3v) is 19.2. The predicted molar refractivity (Wildman–Crippen MR) is 275 cm³/mol. The molecule has 0 bridgehead atoms. The number of allylic oxidation sites excluding steroid dienone is 16. The van der Waals surface area contributed by atoms with Crippen LogP contribution in [-0.4, -0.2) is 3.21 Å². The Morgan fingerprint density at radius 2 is 0.938 bits per heavy atom. The Balaban J connectivity index is 0.000000186. The van der Waals surface area contributed by atoms with E-state index in [1.165, 1.54) is 55.3 Å². The van der Waals surface area contributed by atoms with Crippen LogP contribution in [-0.2, 0) is 24.2 Å². The van der Waals surface area contributed by atoms with E-state index in [9.17, 15) is 0 Å². The van der Waals surface area contributed by atoms with Crippen LogP contribution in [0.4, 0.5) is 0 Å². The van der Waals surface area contributed by atoms with Crippen molar-refractivity contribution >= 4 is 28.0 Å². The van der Waals surface area contributed by atoms with Gasteiger partial charge in [-0.3, -0.25) is 6.08 Å². The van der Waals surface area contributed by atoms with Crippen molar-refractivity contribution in [2.45, 2.75) is 73.6 Å². The van der Waals surface area contributed by atoms with Crippen LogP contribution in [0.5, 0.6) is 0 Å². The first-order valence-corrected chi connectivity index (χ1v) is 23.9. The molecule has 64 heavy (non-hydrogen) atoms. The number of fused-ring (bicyclic) bond motifs is 8. The van der Waals surface area contributed by atoms with E-state index in [1.54, 1.807) is 0 Å². The van der Waals surface area contributed by atoms with Gasteiger partial charge in [-0.15, -0.1) is 48.6 Å². The molecule has 10 rings (SSSR count). The molecule has 0 heterocycles. The van der Waals surface area contributed by atoms with Crippen LogP contribution in [0.15, 0.2) is 212 Å². The molecule has 0 saturated heterocycles. The summed E-state index contributed by atoms with van der Waals surface area (Å²) >= 11 is 1.47. The summed E-state index contributed by atoms with van der Waals surface area (Å²) in [7, 11) is 0. The van der Waals surface area contributed by atoms with Crippen LogP contribution in [0.2, 0.25) is 0 Å². The molecule has 4 aromatic rings. The molecule has 0 radical (unpaired) electrons. The van der Waals surface area contributed by atoms with Gasteiger partial charge in [-0.25, -0.2) is 12.2 Å². The fourth-order valence-corrected chi connectivity index (χ4v) is 15.1. The zero-order valence-electron chi connectivity index (χ0n) is 39.0. The first kappa shape index (κ1) is 49.6. The van der Waals surface area contributed by atoms with Crippen molar-refractivity contribution in [1.82, 2.24) is 0 Å². The maximum atomic E-state index is 2.99. The second kappa shape index (κ2) is 19.2. The number of hydrogen-bond acceptors (Lipinski definition) is 0. The van der Waals surface area contributed by atoms with Crippen molar-refractivity contribution in [3.8, 4) is 0 Å². The normalized spacial score (nSPS) is 32.9. The quantitative estimate of drug-likeness (QED) is 0.169. The average molecular weight is 961 g/mol. The van der Waals surface area contributed by atoms with Crippen molar-refractivity contribution in [3.63, 3.8) is 0 Å². The van der Waals surface area contributed by atoms with Gasteiger partial charge in [0, 0.05) is 10.8 Å². The molecule has 3 heteroatoms. The molecular weight excluding hydrogens is 895 g/mol. The van der Waals surface area contributed by atoms with E-state index in [4.69, 9.17) is 0 Å². The van der Waals surface area contributed by atoms with Gasteiger partial charge in [-0.1, -0.05) is 115 Å². The molecule has 0 aromatic heterocycles. The summed E-state index contributed by atoms with van der Waals surface area (Å²) in [5.74, 6) is 1.03. The van der Waals surface area contributed by atoms with Crippen LogP contribution in [0.1, 0.15) is 95.9 Å². The topological polar surface area (TPSA) is 0 Å². The van der Waals surface area contributed by atoms with E-state index in [1.807, 2.05) is 12.2 Å². The minimum absolute atomic E-state index is 0. The monoisotopic (exact) mass is 958 g/mol. The second-order valence-electron chi connectivity index (χ2n) is 19.7. The molecular formula is C61H66Cl2Zr. The molecule has 6 aliphatic rings. The minimum atomic E-state index is 0. The Hall–Kier alpha value is -3.87. The number of hydrogen-bond donors (Lipinski definition) is 0. The van der Waals surface area contributed by atoms with Crippen LogP contribution in [0.25, 0.3) is 0 Å². The summed E-state index contributed by atoms with van der Waals surface area (Å²) in [6.07, 6.45) is 39.3. The first-order chi connectivity index (χ1) is 29.7. The van der Waals surface area contributed by atoms with E-state index in [-0.39, 0.29) is 74.6 Å². The van der Waals surface area contributed by atoms with Crippen molar-refractivity contribution in [3.05, 3.63) is 247 Å². The maximum absolute atomic E-state index is 2.99. The zero-order valence-corrected chi connectivity index (χ0v) is 43.1. The van der Waals surface area contributed by atoms with Crippen LogP contribution < -0.4 is 0 Å². The molecule has 8 unspecified atom stereocenters. The third-order valence-electron chi connectivity index (χ3n) is 17.8. The SMILES string of the molecule is CC1=CC=CC2[CH-]C3(C)C4(C)C=CC=CC4(C)C4(C)C=CC=CC4(C)C3(C)C12C.Cl.Cl.[C-]1=CC=CC1.[Zr+2]=[C](C(c1ccccc1)c1ccccc1)C(c1ccccc1)c1ccccc1. The fourth-order valence-electron chi connectivity index (χ4n) is 13.4. The molecule has 0 nitrogen and oxygen atoms in total. The number of rotatable bonds is 6. The summed E-state index contributed by atoms with van der Waals surface area (Å²) in [6.45, 7) is 20.3. The molecule has 6 aliphatic carbocycles. The third kappa shape index (κ3) is 7.31. The summed E-state index contributed by atoms with van der Waals surface area (Å²) < 4.78 is 1.53. The van der Waals surface area contributed by atoms with E-state index >= 15 is 0 Å². The zero-order chi connectivity index (χ0) is 43.9. The van der Waals surface area contributed by atoms with Gasteiger partial charge in [0.2, 0.25) is 0 Å². The Labute approximate surface area is 413 Å². The van der Waals surface area contributed by atoms with Gasteiger partial charge in [0.1, 0.15) is 0 Å². The number of halogens is 2. The van der Waals surface area contributed by atoms with Gasteiger partial charge in [-0.05, 0) is 28.6 Å². The molecule has 0 amide bonds. The van der Waals surface area contributed by atoms with Crippen LogP contribution in [0, 0.1) is 56.3 Å². The van der Waals surface area contributed by atoms with Crippen molar-refractivity contribution in [2.75, 3.05) is 0 Å². The Morgan fingerprint density at radius 1 is 0.547 bits per heavy atom. The number of benzene rings is 4. The standard InChI is InChI=1S/C29H37.C27H22.C5H5.2ClH.Zr/c1-21-14-13-15-22-20-27(6)25(4)18-10-9-16-23(25,2)24(3)17-11-12-19-26(24,5)29(27,8)28(21,22)7;1-5-13-22(14-6-1)26(23-15-7-2-8-16-23)21-27(24-17-9-3-10-18-24)25-19-11-4-12-20-25;1-2-4-5-3-1;;;/h9-20,22H,1-8H3;1-20,26-27H;1-3H,4H2;2*1H;/q-1;;-1;;;+2. The summed E-state index contributed by atoms with van der Waals surface area (Å²) in [5.41, 5.74) is 7.17. The Bertz CT molecular complexity index is 2340. The van der Waals surface area contributed by atoms with Crippen molar-refractivity contribution in [2.24, 2.45) is 43.8 Å². The Morgan fingerprint density at radius 3 is 1.31 bits per heavy atom. The van der Waals surface area contributed by atoms with Gasteiger partial charge in [0.05, 0.1) is 0 Å². The average Bonchev–Trinajstić information content (AvgIpc) is 3.95. The van der Waals surface area contributed by atoms with Gasteiger partial charge < -0.3 is 6.42 Å². The molecule has 0 N–H and O–H groups in total. The van der Waals surface area contributed by atoms with Gasteiger partial charge in [0.15, 0.2) is 0 Å². The van der Waals surface area contributed by atoms with E-state index in [2.05, 4.69) is 262 Å². The molecule has 4 aromatic carbocycles. The van der Waals surface area contributed by atoms with E-state index in [0.717, 1.165) is 6.42 Å². The van der Waals surface area contributed by atoms with Gasteiger partial charge >= 0.3 is 183 Å². The predicted octanol–water partition coefficient (Wildman–Crippen LogP) is 16.2. The van der Waals surface area contributed by atoms with Crippen LogP contribution >= 0.6 is 24.8 Å². The molecule has 2 saturated carbocycles. The summed E-state index contributed by atoms with van der Waals surface area (Å²) in [4.78, 5) is 0. The van der Waals surface area contributed by atoms with Gasteiger partial charge in [-0.2, -0.15) is 6.08 Å². The first-order valence-electron chi connectivity index (χ1n) is 22.7. The fraction of sp³-hybridized carbons (Fsp3) is 0.311. The molecule has 0 aliphatic heterocycles. The molecule has 0 spiro atoms. The molecule has 8 atom stereocenters. The molecule has 2 fully saturated rings. The van der Waals surface area contributed by atoms with Gasteiger partial charge in [0.25, 0.3) is 0 Å². The summed E-state index contributed by atoms with van der Waals surface area (Å²) in [6, 6.07) is 43.6. The van der Waals surface area contributed by atoms with Crippen LogP contribution in [0.3, 0.4) is 0 Å². The molecule has 328 valence electrons. The summed E-state index contributed by atoms with van der Waals surface area (Å²) in [5, 5.41) is 0. The second-order valence-corrected chi connectivity index (χ2v) is 21.1.